The number of carbonyl (C=O) groups is 3. The molecule has 1 saturated heterocycles. The summed E-state index contributed by atoms with van der Waals surface area (Å²) in [4.78, 5) is 49.7. The summed E-state index contributed by atoms with van der Waals surface area (Å²) in [5.41, 5.74) is 3.60. The Morgan fingerprint density at radius 1 is 0.950 bits per heavy atom. The van der Waals surface area contributed by atoms with Crippen molar-refractivity contribution in [2.24, 2.45) is 5.92 Å². The normalized spacial score (nSPS) is 23.9. The number of aryl methyl sites for hydroxylation is 1. The Bertz CT molecular complexity index is 1730. The second-order valence-corrected chi connectivity index (χ2v) is 11.0. The maximum Gasteiger partial charge on any atom is 0.238 e. The molecular weight excluding hydrogens is 522 g/mol. The number of nitrogens with zero attached hydrogens (tertiary/aromatic N) is 2. The van der Waals surface area contributed by atoms with E-state index in [1.165, 1.54) is 6.20 Å². The van der Waals surface area contributed by atoms with Crippen LogP contribution in [0, 0.1) is 12.8 Å². The van der Waals surface area contributed by atoms with Gasteiger partial charge in [0.05, 0.1) is 12.0 Å². The lowest BCUT2D eigenvalue weighted by Crippen LogP contribution is -2.51. The molecule has 40 heavy (non-hydrogen) atoms. The molecule has 1 N–H and O–H groups in total. The molecule has 3 aliphatic heterocycles. The number of halogens is 1. The maximum absolute atomic E-state index is 14.6. The molecule has 1 fully saturated rings. The number of amides is 1. The largest absolute Gasteiger partial charge is 0.352 e. The number of nitrogens with one attached hydrogen (secondary N) is 1. The predicted octanol–water partition coefficient (Wildman–Crippen LogP) is 5.90. The first-order valence-corrected chi connectivity index (χ1v) is 13.5. The van der Waals surface area contributed by atoms with Gasteiger partial charge in [0.25, 0.3) is 0 Å². The molecule has 0 bridgehead atoms. The van der Waals surface area contributed by atoms with Gasteiger partial charge in [-0.15, -0.1) is 0 Å². The number of Topliss-reactive ketones (excluding diaryl/α,β-unsaturated/α-hetero) is 2. The first-order valence-electron chi connectivity index (χ1n) is 13.1. The van der Waals surface area contributed by atoms with E-state index in [4.69, 9.17) is 11.6 Å². The molecule has 1 spiro atoms. The lowest BCUT2D eigenvalue weighted by molar-refractivity contribution is -0.121. The molecule has 3 aromatic carbocycles. The fourth-order valence-electron chi connectivity index (χ4n) is 6.77. The molecule has 3 aliphatic rings. The highest BCUT2D eigenvalue weighted by Gasteiger charge is 2.70. The Kier molecular flexibility index (Phi) is 5.51. The van der Waals surface area contributed by atoms with Crippen LogP contribution < -0.4 is 10.2 Å². The number of fused-ring (bicyclic) bond motifs is 6. The lowest BCUT2D eigenvalue weighted by atomic mass is 9.64. The van der Waals surface area contributed by atoms with E-state index in [1.807, 2.05) is 60.4 Å². The van der Waals surface area contributed by atoms with Gasteiger partial charge >= 0.3 is 0 Å². The molecule has 6 nitrogen and oxygen atoms in total. The van der Waals surface area contributed by atoms with Crippen LogP contribution in [-0.4, -0.2) is 34.5 Å². The van der Waals surface area contributed by atoms with E-state index in [9.17, 15) is 14.4 Å². The maximum atomic E-state index is 14.6. The topological polar surface area (TPSA) is 79.4 Å². The van der Waals surface area contributed by atoms with Crippen molar-refractivity contribution >= 4 is 46.5 Å². The molecule has 7 rings (SSSR count). The molecule has 4 aromatic rings. The minimum absolute atomic E-state index is 0.250. The minimum atomic E-state index is -1.35. The quantitative estimate of drug-likeness (QED) is 0.323. The fraction of sp³-hybridized carbons (Fsp3) is 0.152. The molecule has 0 radical (unpaired) electrons. The summed E-state index contributed by atoms with van der Waals surface area (Å²) in [6, 6.07) is 22.0. The number of anilines is 2. The van der Waals surface area contributed by atoms with Crippen LogP contribution in [0.5, 0.6) is 0 Å². The summed E-state index contributed by atoms with van der Waals surface area (Å²) in [6.07, 6.45) is 7.07. The standard InChI is InChI=1S/C33H24ClN3O3/c1-19-8-14-26-21(17-19)11-15-27-33(24-6-2-3-7-25(24)36-32(33)40)28(30(38)22-5-4-16-35-18-22)29(37(26)27)31(39)20-9-12-23(34)13-10-20/h2-18,27-29H,1H3,(H,36,40)/t27-,28+,29-,33-/m0/s1. The van der Waals surface area contributed by atoms with Gasteiger partial charge in [0.1, 0.15) is 11.5 Å². The summed E-state index contributed by atoms with van der Waals surface area (Å²) in [5, 5.41) is 3.55. The number of aromatic nitrogens is 1. The number of ketones is 2. The number of carbonyl (C=O) groups excluding carboxylic acids is 3. The Morgan fingerprint density at radius 2 is 1.75 bits per heavy atom. The van der Waals surface area contributed by atoms with E-state index >= 15 is 0 Å². The van der Waals surface area contributed by atoms with Crippen LogP contribution in [0.1, 0.15) is 37.4 Å². The SMILES string of the molecule is Cc1ccc2c(c1)C=C[C@@H]1N2[C@H](C(=O)c2ccc(Cl)cc2)[C@H](C(=O)c2cccnc2)[C@@]12C(=O)Nc1ccccc12. The van der Waals surface area contributed by atoms with E-state index in [-0.39, 0.29) is 17.5 Å². The summed E-state index contributed by atoms with van der Waals surface area (Å²) in [6.45, 7) is 2.01. The third-order valence-corrected chi connectivity index (χ3v) is 8.67. The first-order chi connectivity index (χ1) is 19.4. The molecule has 4 heterocycles. The van der Waals surface area contributed by atoms with Crippen LogP contribution >= 0.6 is 11.6 Å². The smallest absolute Gasteiger partial charge is 0.238 e. The van der Waals surface area contributed by atoms with E-state index in [1.54, 1.807) is 42.6 Å². The van der Waals surface area contributed by atoms with Crippen molar-refractivity contribution in [1.29, 1.82) is 0 Å². The lowest BCUT2D eigenvalue weighted by Gasteiger charge is -2.37. The van der Waals surface area contributed by atoms with Gasteiger partial charge in [0.15, 0.2) is 11.6 Å². The van der Waals surface area contributed by atoms with Gasteiger partial charge in [-0.2, -0.15) is 0 Å². The number of hydrogen-bond acceptors (Lipinski definition) is 5. The van der Waals surface area contributed by atoms with Crippen molar-refractivity contribution in [3.05, 3.63) is 130 Å². The van der Waals surface area contributed by atoms with Crippen LogP contribution in [-0.2, 0) is 10.2 Å². The van der Waals surface area contributed by atoms with Crippen LogP contribution in [0.4, 0.5) is 11.4 Å². The van der Waals surface area contributed by atoms with Gasteiger partial charge in [0.2, 0.25) is 5.91 Å². The number of hydrogen-bond donors (Lipinski definition) is 1. The molecule has 4 atom stereocenters. The van der Waals surface area contributed by atoms with Gasteiger partial charge in [-0.3, -0.25) is 19.4 Å². The van der Waals surface area contributed by atoms with E-state index in [2.05, 4.69) is 16.4 Å². The summed E-state index contributed by atoms with van der Waals surface area (Å²) < 4.78 is 0. The monoisotopic (exact) mass is 545 g/mol. The zero-order valence-corrected chi connectivity index (χ0v) is 22.3. The second kappa shape index (κ2) is 9.00. The molecule has 7 heteroatoms. The number of benzene rings is 3. The van der Waals surface area contributed by atoms with E-state index in [0.29, 0.717) is 27.4 Å². The van der Waals surface area contributed by atoms with Gasteiger partial charge < -0.3 is 10.2 Å². The number of pyridine rings is 1. The third-order valence-electron chi connectivity index (χ3n) is 8.41. The Balaban J connectivity index is 1.54. The van der Waals surface area contributed by atoms with Gasteiger partial charge in [-0.25, -0.2) is 0 Å². The highest BCUT2D eigenvalue weighted by molar-refractivity contribution is 6.30. The van der Waals surface area contributed by atoms with Crippen LogP contribution in [0.2, 0.25) is 5.02 Å². The van der Waals surface area contributed by atoms with Crippen molar-refractivity contribution < 1.29 is 14.4 Å². The van der Waals surface area contributed by atoms with Crippen molar-refractivity contribution in [2.45, 2.75) is 24.4 Å². The highest BCUT2D eigenvalue weighted by Crippen LogP contribution is 2.58. The predicted molar refractivity (Wildman–Crippen MR) is 155 cm³/mol. The molecule has 1 amide bonds. The Hall–Kier alpha value is -4.55. The average molecular weight is 546 g/mol. The Morgan fingerprint density at radius 3 is 2.52 bits per heavy atom. The van der Waals surface area contributed by atoms with Crippen molar-refractivity contribution in [1.82, 2.24) is 4.98 Å². The highest BCUT2D eigenvalue weighted by atomic mass is 35.5. The third kappa shape index (κ3) is 3.36. The molecule has 1 aromatic heterocycles. The number of para-hydroxylation sites is 1. The average Bonchev–Trinajstić information content (AvgIpc) is 3.45. The molecular formula is C33H24ClN3O3. The Labute approximate surface area is 236 Å². The fourth-order valence-corrected chi connectivity index (χ4v) is 6.90. The molecule has 196 valence electrons. The van der Waals surface area contributed by atoms with Crippen LogP contribution in [0.15, 0.2) is 97.3 Å². The van der Waals surface area contributed by atoms with Gasteiger partial charge in [-0.1, -0.05) is 53.6 Å². The van der Waals surface area contributed by atoms with Crippen molar-refractivity contribution in [2.75, 3.05) is 10.2 Å². The van der Waals surface area contributed by atoms with E-state index < -0.39 is 23.4 Å². The summed E-state index contributed by atoms with van der Waals surface area (Å²) >= 11 is 6.16. The van der Waals surface area contributed by atoms with E-state index in [0.717, 1.165) is 16.8 Å². The molecule has 0 unspecified atom stereocenters. The zero-order chi connectivity index (χ0) is 27.6. The second-order valence-electron chi connectivity index (χ2n) is 10.5. The van der Waals surface area contributed by atoms with Crippen molar-refractivity contribution in [3.8, 4) is 0 Å². The van der Waals surface area contributed by atoms with Crippen LogP contribution in [0.3, 0.4) is 0 Å². The van der Waals surface area contributed by atoms with Crippen LogP contribution in [0.25, 0.3) is 6.08 Å². The number of rotatable bonds is 4. The van der Waals surface area contributed by atoms with Gasteiger partial charge in [0, 0.05) is 39.9 Å². The molecule has 0 aliphatic carbocycles. The minimum Gasteiger partial charge on any atom is -0.352 e. The summed E-state index contributed by atoms with van der Waals surface area (Å²) in [5.74, 6) is -1.88. The zero-order valence-electron chi connectivity index (χ0n) is 21.5. The van der Waals surface area contributed by atoms with Crippen molar-refractivity contribution in [3.63, 3.8) is 0 Å². The summed E-state index contributed by atoms with van der Waals surface area (Å²) in [7, 11) is 0. The van der Waals surface area contributed by atoms with Gasteiger partial charge in [-0.05, 0) is 72.6 Å². The molecule has 0 saturated carbocycles. The first kappa shape index (κ1) is 24.5.